The van der Waals surface area contributed by atoms with Crippen LogP contribution in [0.4, 0.5) is 0 Å². The number of amides is 1. The van der Waals surface area contributed by atoms with Crippen molar-refractivity contribution in [3.63, 3.8) is 0 Å². The maximum atomic E-state index is 12.6. The molecule has 0 aliphatic carbocycles. The van der Waals surface area contributed by atoms with Crippen LogP contribution in [0.3, 0.4) is 0 Å². The first-order valence-corrected chi connectivity index (χ1v) is 9.61. The standard InChI is InChI=1S/C23H27NO4/c1-16-13-17(2)21(18(3)14-16)28-15-20(25)24-11-9-23(10-12-24,22(26)27)19-7-5-4-6-8-19/h4-8,13-14H,9-12,15H2,1-3H3,(H,26,27). The molecule has 5 heteroatoms. The molecule has 0 unspecified atom stereocenters. The molecule has 1 N–H and O–H groups in total. The Hall–Kier alpha value is -2.82. The Balaban J connectivity index is 1.65. The fourth-order valence-electron chi connectivity index (χ4n) is 4.14. The van der Waals surface area contributed by atoms with Gasteiger partial charge in [0.1, 0.15) is 5.75 Å². The molecule has 1 aliphatic heterocycles. The molecule has 0 spiro atoms. The van der Waals surface area contributed by atoms with E-state index in [0.717, 1.165) is 28.0 Å². The first-order valence-electron chi connectivity index (χ1n) is 9.61. The van der Waals surface area contributed by atoms with Crippen molar-refractivity contribution in [2.24, 2.45) is 0 Å². The van der Waals surface area contributed by atoms with Crippen molar-refractivity contribution in [3.05, 3.63) is 64.7 Å². The predicted molar refractivity (Wildman–Crippen MR) is 108 cm³/mol. The van der Waals surface area contributed by atoms with Crippen LogP contribution in [0.25, 0.3) is 0 Å². The number of aryl methyl sites for hydroxylation is 3. The second-order valence-corrected chi connectivity index (χ2v) is 7.65. The molecule has 1 fully saturated rings. The highest BCUT2D eigenvalue weighted by Gasteiger charge is 2.43. The molecule has 3 rings (SSSR count). The Morgan fingerprint density at radius 3 is 2.14 bits per heavy atom. The van der Waals surface area contributed by atoms with Gasteiger partial charge in [-0.05, 0) is 50.3 Å². The Bertz CT molecular complexity index is 844. The first-order chi connectivity index (χ1) is 13.3. The largest absolute Gasteiger partial charge is 0.483 e. The molecule has 0 radical (unpaired) electrons. The number of likely N-dealkylation sites (tertiary alicyclic amines) is 1. The average molecular weight is 381 g/mol. The summed E-state index contributed by atoms with van der Waals surface area (Å²) in [4.78, 5) is 26.4. The molecule has 1 aliphatic rings. The fourth-order valence-corrected chi connectivity index (χ4v) is 4.14. The summed E-state index contributed by atoms with van der Waals surface area (Å²) in [5.41, 5.74) is 3.06. The van der Waals surface area contributed by atoms with E-state index in [9.17, 15) is 14.7 Å². The van der Waals surface area contributed by atoms with E-state index in [2.05, 4.69) is 0 Å². The molecular formula is C23H27NO4. The van der Waals surface area contributed by atoms with Gasteiger partial charge in [-0.25, -0.2) is 0 Å². The average Bonchev–Trinajstić information content (AvgIpc) is 2.67. The number of ether oxygens (including phenoxy) is 1. The van der Waals surface area contributed by atoms with Crippen molar-refractivity contribution in [1.29, 1.82) is 0 Å². The predicted octanol–water partition coefficient (Wildman–Crippen LogP) is 3.64. The molecule has 0 saturated carbocycles. The summed E-state index contributed by atoms with van der Waals surface area (Å²) >= 11 is 0. The Kier molecular flexibility index (Phi) is 5.73. The van der Waals surface area contributed by atoms with Gasteiger partial charge in [-0.1, -0.05) is 48.0 Å². The SMILES string of the molecule is Cc1cc(C)c(OCC(=O)N2CCC(C(=O)O)(c3ccccc3)CC2)c(C)c1. The maximum absolute atomic E-state index is 12.6. The van der Waals surface area contributed by atoms with Crippen molar-refractivity contribution in [2.45, 2.75) is 39.0 Å². The van der Waals surface area contributed by atoms with Gasteiger partial charge in [0.2, 0.25) is 0 Å². The Labute approximate surface area is 165 Å². The zero-order chi connectivity index (χ0) is 20.3. The summed E-state index contributed by atoms with van der Waals surface area (Å²) in [6, 6.07) is 13.4. The third kappa shape index (κ3) is 3.88. The molecule has 0 bridgehead atoms. The molecule has 28 heavy (non-hydrogen) atoms. The summed E-state index contributed by atoms with van der Waals surface area (Å²) in [6.45, 7) is 6.77. The highest BCUT2D eigenvalue weighted by atomic mass is 16.5. The zero-order valence-electron chi connectivity index (χ0n) is 16.7. The topological polar surface area (TPSA) is 66.8 Å². The van der Waals surface area contributed by atoms with Gasteiger partial charge in [0.25, 0.3) is 5.91 Å². The van der Waals surface area contributed by atoms with Gasteiger partial charge >= 0.3 is 5.97 Å². The molecule has 148 valence electrons. The lowest BCUT2D eigenvalue weighted by atomic mass is 9.73. The van der Waals surface area contributed by atoms with Crippen LogP contribution in [0.1, 0.15) is 35.1 Å². The van der Waals surface area contributed by atoms with Crippen LogP contribution in [0, 0.1) is 20.8 Å². The van der Waals surface area contributed by atoms with E-state index in [1.807, 2.05) is 63.2 Å². The zero-order valence-corrected chi connectivity index (χ0v) is 16.7. The molecular weight excluding hydrogens is 354 g/mol. The van der Waals surface area contributed by atoms with Crippen LogP contribution in [0.15, 0.2) is 42.5 Å². The Morgan fingerprint density at radius 1 is 1.04 bits per heavy atom. The lowest BCUT2D eigenvalue weighted by Crippen LogP contribution is -2.50. The molecule has 2 aromatic carbocycles. The summed E-state index contributed by atoms with van der Waals surface area (Å²) in [6.07, 6.45) is 0.807. The minimum Gasteiger partial charge on any atom is -0.483 e. The number of carbonyl (C=O) groups excluding carboxylic acids is 1. The van der Waals surface area contributed by atoms with Crippen molar-refractivity contribution in [1.82, 2.24) is 4.90 Å². The van der Waals surface area contributed by atoms with E-state index >= 15 is 0 Å². The highest BCUT2D eigenvalue weighted by Crippen LogP contribution is 2.36. The summed E-state index contributed by atoms with van der Waals surface area (Å²) < 4.78 is 5.81. The van der Waals surface area contributed by atoms with Crippen molar-refractivity contribution >= 4 is 11.9 Å². The second-order valence-electron chi connectivity index (χ2n) is 7.65. The number of carbonyl (C=O) groups is 2. The van der Waals surface area contributed by atoms with Crippen LogP contribution in [-0.4, -0.2) is 41.6 Å². The molecule has 1 saturated heterocycles. The minimum atomic E-state index is -0.928. The molecule has 0 aromatic heterocycles. The van der Waals surface area contributed by atoms with E-state index < -0.39 is 11.4 Å². The smallest absolute Gasteiger partial charge is 0.314 e. The molecule has 0 atom stereocenters. The summed E-state index contributed by atoms with van der Waals surface area (Å²) in [5.74, 6) is -0.181. The first kappa shape index (κ1) is 19.9. The molecule has 2 aromatic rings. The van der Waals surface area contributed by atoms with Gasteiger partial charge in [0.05, 0.1) is 5.41 Å². The number of carboxylic acid groups (broad SMARTS) is 1. The number of hydrogen-bond donors (Lipinski definition) is 1. The molecule has 5 nitrogen and oxygen atoms in total. The van der Waals surface area contributed by atoms with Crippen LogP contribution in [0.2, 0.25) is 0 Å². The van der Waals surface area contributed by atoms with Gasteiger partial charge < -0.3 is 14.7 Å². The van der Waals surface area contributed by atoms with Crippen molar-refractivity contribution in [2.75, 3.05) is 19.7 Å². The molecule has 1 heterocycles. The van der Waals surface area contributed by atoms with Crippen molar-refractivity contribution in [3.8, 4) is 5.75 Å². The lowest BCUT2D eigenvalue weighted by molar-refractivity contribution is -0.148. The quantitative estimate of drug-likeness (QED) is 0.859. The second kappa shape index (κ2) is 8.05. The third-order valence-electron chi connectivity index (χ3n) is 5.65. The number of piperidine rings is 1. The van der Waals surface area contributed by atoms with Gasteiger partial charge in [0, 0.05) is 13.1 Å². The van der Waals surface area contributed by atoms with Crippen LogP contribution in [0.5, 0.6) is 5.75 Å². The normalized spacial score (nSPS) is 15.9. The Morgan fingerprint density at radius 2 is 1.61 bits per heavy atom. The maximum Gasteiger partial charge on any atom is 0.314 e. The highest BCUT2D eigenvalue weighted by molar-refractivity contribution is 5.83. The van der Waals surface area contributed by atoms with Crippen molar-refractivity contribution < 1.29 is 19.4 Å². The number of benzene rings is 2. The van der Waals surface area contributed by atoms with Crippen LogP contribution >= 0.6 is 0 Å². The van der Waals surface area contributed by atoms with E-state index in [1.54, 1.807) is 4.90 Å². The third-order valence-corrected chi connectivity index (χ3v) is 5.65. The van der Waals surface area contributed by atoms with Crippen LogP contribution < -0.4 is 4.74 Å². The number of carboxylic acids is 1. The number of hydrogen-bond acceptors (Lipinski definition) is 3. The van der Waals surface area contributed by atoms with Crippen LogP contribution in [-0.2, 0) is 15.0 Å². The van der Waals surface area contributed by atoms with E-state index in [4.69, 9.17) is 4.74 Å². The fraction of sp³-hybridized carbons (Fsp3) is 0.391. The summed E-state index contributed by atoms with van der Waals surface area (Å²) in [5, 5.41) is 9.87. The number of nitrogens with zero attached hydrogens (tertiary/aromatic N) is 1. The van der Waals surface area contributed by atoms with Gasteiger partial charge in [-0.15, -0.1) is 0 Å². The molecule has 1 amide bonds. The monoisotopic (exact) mass is 381 g/mol. The van der Waals surface area contributed by atoms with Gasteiger partial charge in [0.15, 0.2) is 6.61 Å². The van der Waals surface area contributed by atoms with E-state index in [-0.39, 0.29) is 12.5 Å². The van der Waals surface area contributed by atoms with E-state index in [1.165, 1.54) is 0 Å². The van der Waals surface area contributed by atoms with Gasteiger partial charge in [-0.3, -0.25) is 9.59 Å². The van der Waals surface area contributed by atoms with Gasteiger partial charge in [-0.2, -0.15) is 0 Å². The van der Waals surface area contributed by atoms with E-state index in [0.29, 0.717) is 25.9 Å². The number of rotatable bonds is 5. The minimum absolute atomic E-state index is 0.0316. The number of aliphatic carboxylic acids is 1. The summed E-state index contributed by atoms with van der Waals surface area (Å²) in [7, 11) is 0. The lowest BCUT2D eigenvalue weighted by Gasteiger charge is -2.39.